The number of aryl methyl sites for hydroxylation is 3. The molecule has 16 nitrogen and oxygen atoms in total. The normalized spacial score (nSPS) is 13.4. The van der Waals surface area contributed by atoms with Gasteiger partial charge in [-0.15, -0.1) is 21.5 Å². The van der Waals surface area contributed by atoms with Crippen molar-refractivity contribution in [2.24, 2.45) is 12.0 Å². The molecule has 3 aromatic heterocycles. The molecule has 4 N–H and O–H groups in total. The number of aliphatic imine (C=N–C) groups is 1. The van der Waals surface area contributed by atoms with Crippen molar-refractivity contribution in [3.63, 3.8) is 0 Å². The molecule has 0 saturated heterocycles. The zero-order valence-electron chi connectivity index (χ0n) is 33.2. The van der Waals surface area contributed by atoms with Crippen molar-refractivity contribution < 1.29 is 23.9 Å². The minimum atomic E-state index is -0.565. The van der Waals surface area contributed by atoms with Crippen molar-refractivity contribution in [3.8, 4) is 5.00 Å². The van der Waals surface area contributed by atoms with Crippen LogP contribution in [-0.4, -0.2) is 118 Å². The highest BCUT2D eigenvalue weighted by Crippen LogP contribution is 2.39. The molecule has 0 spiro atoms. The predicted octanol–water partition coefficient (Wildman–Crippen LogP) is 3.21. The van der Waals surface area contributed by atoms with Gasteiger partial charge in [-0.25, -0.2) is 4.98 Å². The van der Waals surface area contributed by atoms with Crippen LogP contribution in [0, 0.1) is 20.8 Å². The number of amides is 4. The molecular weight excluding hydrogens is 770 g/mol. The maximum Gasteiger partial charge on any atom is 0.287 e. The van der Waals surface area contributed by atoms with E-state index in [1.54, 1.807) is 35.3 Å². The SMILES string of the molecule is Cc1sc2c(c1C)C(c1ccc(Cl)cc1)=N[C@@H](CC(=O)NCCOCCC(=O)NCCCN(C)CCCNC(=O)CCNC(=O)c1nccn1C)c1nnc(C)n1-2. The lowest BCUT2D eigenvalue weighted by molar-refractivity contribution is -0.123. The Labute approximate surface area is 341 Å². The number of aromatic nitrogens is 5. The van der Waals surface area contributed by atoms with Gasteiger partial charge in [-0.1, -0.05) is 23.7 Å². The van der Waals surface area contributed by atoms with E-state index in [-0.39, 0.29) is 62.6 Å². The van der Waals surface area contributed by atoms with Crippen molar-refractivity contribution in [2.45, 2.75) is 58.9 Å². The second-order valence-electron chi connectivity index (χ2n) is 13.9. The first kappa shape index (κ1) is 43.2. The summed E-state index contributed by atoms with van der Waals surface area (Å²) in [5.41, 5.74) is 3.82. The highest BCUT2D eigenvalue weighted by Gasteiger charge is 2.32. The van der Waals surface area contributed by atoms with Gasteiger partial charge in [0.15, 0.2) is 11.6 Å². The molecule has 1 aromatic carbocycles. The number of fused-ring (bicyclic) bond motifs is 3. The molecule has 1 aliphatic heterocycles. The molecule has 0 fully saturated rings. The first-order valence-corrected chi connectivity index (χ1v) is 20.3. The van der Waals surface area contributed by atoms with E-state index in [2.05, 4.69) is 55.2 Å². The van der Waals surface area contributed by atoms with Gasteiger partial charge in [-0.05, 0) is 71.4 Å². The Morgan fingerprint density at radius 2 is 1.56 bits per heavy atom. The highest BCUT2D eigenvalue weighted by atomic mass is 35.5. The first-order chi connectivity index (χ1) is 27.4. The number of thiophene rings is 1. The number of ether oxygens (including phenoxy) is 1. The summed E-state index contributed by atoms with van der Waals surface area (Å²) in [6.07, 6.45) is 5.29. The summed E-state index contributed by atoms with van der Waals surface area (Å²) >= 11 is 7.87. The minimum Gasteiger partial charge on any atom is -0.379 e. The highest BCUT2D eigenvalue weighted by molar-refractivity contribution is 7.15. The molecule has 0 bridgehead atoms. The van der Waals surface area contributed by atoms with Crippen molar-refractivity contribution in [2.75, 3.05) is 59.5 Å². The van der Waals surface area contributed by atoms with Crippen molar-refractivity contribution in [3.05, 3.63) is 80.7 Å². The third kappa shape index (κ3) is 12.0. The van der Waals surface area contributed by atoms with Gasteiger partial charge in [0.2, 0.25) is 17.7 Å². The van der Waals surface area contributed by atoms with Gasteiger partial charge in [0.1, 0.15) is 16.9 Å². The number of imidazole rings is 1. The average Bonchev–Trinajstić information content (AvgIpc) is 3.85. The fourth-order valence-corrected chi connectivity index (χ4v) is 7.64. The van der Waals surface area contributed by atoms with E-state index in [0.29, 0.717) is 36.3 Å². The predicted molar refractivity (Wildman–Crippen MR) is 219 cm³/mol. The van der Waals surface area contributed by atoms with Crippen LogP contribution >= 0.6 is 22.9 Å². The van der Waals surface area contributed by atoms with Gasteiger partial charge in [0.25, 0.3) is 5.91 Å². The number of rotatable bonds is 21. The lowest BCUT2D eigenvalue weighted by atomic mass is 9.99. The van der Waals surface area contributed by atoms with E-state index in [9.17, 15) is 19.2 Å². The van der Waals surface area contributed by atoms with Crippen LogP contribution in [0.25, 0.3) is 5.00 Å². The molecule has 0 saturated carbocycles. The van der Waals surface area contributed by atoms with Crippen LogP contribution in [0.5, 0.6) is 0 Å². The van der Waals surface area contributed by atoms with E-state index in [1.807, 2.05) is 42.8 Å². The quantitative estimate of drug-likeness (QED) is 0.0916. The fourth-order valence-electron chi connectivity index (χ4n) is 6.31. The van der Waals surface area contributed by atoms with Crippen LogP contribution in [0.1, 0.15) is 82.0 Å². The van der Waals surface area contributed by atoms with Gasteiger partial charge in [0.05, 0.1) is 25.3 Å². The number of benzene rings is 1. The van der Waals surface area contributed by atoms with Gasteiger partial charge >= 0.3 is 0 Å². The van der Waals surface area contributed by atoms with Crippen LogP contribution < -0.4 is 21.3 Å². The number of nitrogens with one attached hydrogen (secondary N) is 4. The molecule has 306 valence electrons. The number of hydrogen-bond acceptors (Lipinski definition) is 11. The summed E-state index contributed by atoms with van der Waals surface area (Å²) in [7, 11) is 3.73. The van der Waals surface area contributed by atoms with Gasteiger partial charge in [0, 0.05) is 79.5 Å². The summed E-state index contributed by atoms with van der Waals surface area (Å²) in [5.74, 6) is 0.920. The molecule has 1 atom stereocenters. The third-order valence-corrected chi connectivity index (χ3v) is 11.0. The molecule has 5 rings (SSSR count). The lowest BCUT2D eigenvalue weighted by Gasteiger charge is -2.17. The van der Waals surface area contributed by atoms with Crippen molar-refractivity contribution in [1.29, 1.82) is 0 Å². The van der Waals surface area contributed by atoms with Gasteiger partial charge in [-0.2, -0.15) is 0 Å². The summed E-state index contributed by atoms with van der Waals surface area (Å²) in [5, 5.41) is 21.8. The number of carbonyl (C=O) groups is 4. The van der Waals surface area contributed by atoms with Crippen LogP contribution in [0.3, 0.4) is 0 Å². The van der Waals surface area contributed by atoms with Gasteiger partial charge < -0.3 is 35.5 Å². The standard InChI is InChI=1S/C39H52ClN11O5S/c1-25-26(2)57-39-34(25)35(28-8-10-29(40)11-9-28)46-30(36-48-47-27(3)51(36)39)24-33(54)43-18-23-56-22-13-32(53)42-15-7-20-49(4)19-6-14-41-31(52)12-16-45-38(55)37-44-17-21-50(37)5/h8-11,17,21,30H,6-7,12-16,18-20,22-24H2,1-5H3,(H,41,52)(H,42,53)(H,43,54)(H,45,55)/t30-/m0/s1. The Morgan fingerprint density at radius 3 is 2.25 bits per heavy atom. The van der Waals surface area contributed by atoms with Crippen molar-refractivity contribution >= 4 is 52.3 Å². The Bertz CT molecular complexity index is 2040. The van der Waals surface area contributed by atoms with E-state index in [4.69, 9.17) is 21.3 Å². The molecule has 0 radical (unpaired) electrons. The van der Waals surface area contributed by atoms with Crippen molar-refractivity contribution in [1.82, 2.24) is 50.5 Å². The maximum absolute atomic E-state index is 13.2. The Balaban J connectivity index is 0.933. The number of hydrogen-bond donors (Lipinski definition) is 4. The minimum absolute atomic E-state index is 0.0760. The van der Waals surface area contributed by atoms with Crippen LogP contribution in [-0.2, 0) is 26.2 Å². The summed E-state index contributed by atoms with van der Waals surface area (Å²) in [6, 6.07) is 7.00. The fraction of sp³-hybridized carbons (Fsp3) is 0.487. The Kier molecular flexibility index (Phi) is 15.9. The van der Waals surface area contributed by atoms with E-state index in [1.165, 1.54) is 4.88 Å². The molecule has 1 aliphatic rings. The average molecular weight is 822 g/mol. The lowest BCUT2D eigenvalue weighted by Crippen LogP contribution is -2.33. The largest absolute Gasteiger partial charge is 0.379 e. The van der Waals surface area contributed by atoms with Crippen LogP contribution in [0.4, 0.5) is 0 Å². The molecule has 4 amide bonds. The number of nitrogens with zero attached hydrogens (tertiary/aromatic N) is 7. The topological polar surface area (TPSA) is 190 Å². The second-order valence-corrected chi connectivity index (χ2v) is 15.5. The smallest absolute Gasteiger partial charge is 0.287 e. The number of halogens is 1. The number of carbonyl (C=O) groups excluding carboxylic acids is 4. The maximum atomic E-state index is 13.2. The monoisotopic (exact) mass is 821 g/mol. The second kappa shape index (κ2) is 21.0. The van der Waals surface area contributed by atoms with Crippen LogP contribution in [0.15, 0.2) is 41.7 Å². The third-order valence-electron chi connectivity index (χ3n) is 9.52. The Morgan fingerprint density at radius 1 is 0.877 bits per heavy atom. The van der Waals surface area contributed by atoms with E-state index < -0.39 is 6.04 Å². The molecule has 4 heterocycles. The summed E-state index contributed by atoms with van der Waals surface area (Å²) in [4.78, 5) is 62.1. The molecule has 0 aliphatic carbocycles. The summed E-state index contributed by atoms with van der Waals surface area (Å²) in [6.45, 7) is 9.79. The molecular formula is C39H52ClN11O5S. The molecule has 0 unspecified atom stereocenters. The molecule has 4 aromatic rings. The van der Waals surface area contributed by atoms with E-state index >= 15 is 0 Å². The zero-order chi connectivity index (χ0) is 40.9. The molecule has 57 heavy (non-hydrogen) atoms. The van der Waals surface area contributed by atoms with Crippen LogP contribution in [0.2, 0.25) is 5.02 Å². The van der Waals surface area contributed by atoms with Gasteiger partial charge in [-0.3, -0.25) is 28.7 Å². The molecule has 18 heteroatoms. The van der Waals surface area contributed by atoms with E-state index in [0.717, 1.165) is 59.2 Å². The Hall–Kier alpha value is -4.97. The first-order valence-electron chi connectivity index (χ1n) is 19.1. The summed E-state index contributed by atoms with van der Waals surface area (Å²) < 4.78 is 9.27. The zero-order valence-corrected chi connectivity index (χ0v) is 34.8.